The Morgan fingerprint density at radius 2 is 1.81 bits per heavy atom. The van der Waals surface area contributed by atoms with Gasteiger partial charge in [0.1, 0.15) is 12.1 Å². The molecule has 1 heterocycles. The van der Waals surface area contributed by atoms with E-state index in [-0.39, 0.29) is 23.9 Å². The molecule has 0 radical (unpaired) electrons. The van der Waals surface area contributed by atoms with E-state index in [4.69, 9.17) is 0 Å². The molecule has 2 aliphatic rings. The lowest BCUT2D eigenvalue weighted by Gasteiger charge is -2.41. The van der Waals surface area contributed by atoms with Crippen LogP contribution in [0.2, 0.25) is 0 Å². The molecular weight excluding hydrogens is 264 g/mol. The molecule has 1 aliphatic carbocycles. The van der Waals surface area contributed by atoms with Gasteiger partial charge in [-0.2, -0.15) is 0 Å². The van der Waals surface area contributed by atoms with Crippen LogP contribution in [-0.4, -0.2) is 34.8 Å². The van der Waals surface area contributed by atoms with Gasteiger partial charge in [0, 0.05) is 12.5 Å². The van der Waals surface area contributed by atoms with Gasteiger partial charge in [-0.15, -0.1) is 0 Å². The predicted molar refractivity (Wildman–Crippen MR) is 80.5 cm³/mol. The lowest BCUT2D eigenvalue weighted by molar-refractivity contribution is -0.151. The fourth-order valence-corrected chi connectivity index (χ4v) is 3.17. The smallest absolute Gasteiger partial charge is 0.246 e. The summed E-state index contributed by atoms with van der Waals surface area (Å²) in [6, 6.07) is 9.13. The molecule has 2 unspecified atom stereocenters. The summed E-state index contributed by atoms with van der Waals surface area (Å²) in [5, 5.41) is 2.87. The number of benzene rings is 1. The molecule has 1 saturated heterocycles. The monoisotopic (exact) mass is 284 g/mol. The van der Waals surface area contributed by atoms with Crippen LogP contribution < -0.4 is 5.32 Å². The summed E-state index contributed by atoms with van der Waals surface area (Å²) in [5.74, 6) is -0.0120. The van der Waals surface area contributed by atoms with E-state index in [1.165, 1.54) is 0 Å². The Hall–Kier alpha value is -2.10. The second kappa shape index (κ2) is 5.72. The maximum absolute atomic E-state index is 12.8. The largest absolute Gasteiger partial charge is 0.342 e. The molecule has 1 aromatic carbocycles. The standard InChI is InChI=1S/C17H20N2O2/c1-12-16(20)18-15(11-13-7-3-2-4-8-13)17(21)19(12)14-9-5-6-10-14/h2-8,12,14-15H,9-11H2,1H3,(H,18,20). The number of nitrogens with one attached hydrogen (secondary N) is 1. The van der Waals surface area contributed by atoms with Crippen LogP contribution in [0.5, 0.6) is 0 Å². The van der Waals surface area contributed by atoms with Gasteiger partial charge in [0.15, 0.2) is 0 Å². The van der Waals surface area contributed by atoms with Gasteiger partial charge >= 0.3 is 0 Å². The third kappa shape index (κ3) is 2.71. The minimum atomic E-state index is -0.448. The van der Waals surface area contributed by atoms with Crippen molar-refractivity contribution in [1.29, 1.82) is 0 Å². The van der Waals surface area contributed by atoms with E-state index >= 15 is 0 Å². The van der Waals surface area contributed by atoms with Crippen molar-refractivity contribution in [1.82, 2.24) is 10.2 Å². The number of amides is 2. The molecule has 4 nitrogen and oxygen atoms in total. The van der Waals surface area contributed by atoms with E-state index < -0.39 is 6.04 Å². The highest BCUT2D eigenvalue weighted by molar-refractivity contribution is 5.97. The van der Waals surface area contributed by atoms with Crippen LogP contribution in [0.25, 0.3) is 0 Å². The molecule has 2 amide bonds. The van der Waals surface area contributed by atoms with E-state index in [1.54, 1.807) is 4.90 Å². The first-order chi connectivity index (χ1) is 10.2. The first-order valence-corrected chi connectivity index (χ1v) is 7.48. The first kappa shape index (κ1) is 13.9. The number of nitrogens with zero attached hydrogens (tertiary/aromatic N) is 1. The van der Waals surface area contributed by atoms with Crippen LogP contribution in [-0.2, 0) is 16.0 Å². The van der Waals surface area contributed by atoms with Crippen molar-refractivity contribution in [3.8, 4) is 0 Å². The highest BCUT2D eigenvalue weighted by Crippen LogP contribution is 2.24. The molecule has 1 aromatic rings. The van der Waals surface area contributed by atoms with Crippen LogP contribution in [0.1, 0.15) is 25.3 Å². The lowest BCUT2D eigenvalue weighted by Crippen LogP contribution is -2.65. The maximum Gasteiger partial charge on any atom is 0.246 e. The van der Waals surface area contributed by atoms with E-state index in [1.807, 2.05) is 37.3 Å². The number of hydrogen-bond donors (Lipinski definition) is 1. The van der Waals surface area contributed by atoms with Crippen LogP contribution in [0, 0.1) is 0 Å². The summed E-state index contributed by atoms with van der Waals surface area (Å²) in [7, 11) is 0. The highest BCUT2D eigenvalue weighted by Gasteiger charge is 2.41. The lowest BCUT2D eigenvalue weighted by atomic mass is 9.98. The van der Waals surface area contributed by atoms with Crippen LogP contribution in [0.15, 0.2) is 42.5 Å². The minimum absolute atomic E-state index is 0.0413. The van der Waals surface area contributed by atoms with Crippen LogP contribution in [0.4, 0.5) is 0 Å². The normalized spacial score (nSPS) is 26.2. The fourth-order valence-electron chi connectivity index (χ4n) is 3.17. The summed E-state index contributed by atoms with van der Waals surface area (Å²) in [5.41, 5.74) is 1.07. The Morgan fingerprint density at radius 3 is 2.48 bits per heavy atom. The third-order valence-electron chi connectivity index (χ3n) is 4.32. The predicted octanol–water partition coefficient (Wildman–Crippen LogP) is 1.66. The van der Waals surface area contributed by atoms with Crippen molar-refractivity contribution >= 4 is 11.8 Å². The molecule has 0 spiro atoms. The van der Waals surface area contributed by atoms with Crippen molar-refractivity contribution in [2.24, 2.45) is 0 Å². The Labute approximate surface area is 124 Å². The molecule has 1 N–H and O–H groups in total. The zero-order valence-electron chi connectivity index (χ0n) is 12.2. The second-order valence-corrected chi connectivity index (χ2v) is 5.77. The number of carbonyl (C=O) groups excluding carboxylic acids is 2. The highest BCUT2D eigenvalue weighted by atomic mass is 16.2. The summed E-state index contributed by atoms with van der Waals surface area (Å²) in [6.45, 7) is 1.81. The molecule has 1 aliphatic heterocycles. The summed E-state index contributed by atoms with van der Waals surface area (Å²) >= 11 is 0. The zero-order chi connectivity index (χ0) is 14.8. The zero-order valence-corrected chi connectivity index (χ0v) is 12.2. The average molecular weight is 284 g/mol. The van der Waals surface area contributed by atoms with E-state index in [2.05, 4.69) is 17.5 Å². The first-order valence-electron chi connectivity index (χ1n) is 7.48. The average Bonchev–Trinajstić information content (AvgIpc) is 3.00. The van der Waals surface area contributed by atoms with Crippen LogP contribution >= 0.6 is 0 Å². The van der Waals surface area contributed by atoms with Crippen molar-refractivity contribution in [3.05, 3.63) is 48.0 Å². The van der Waals surface area contributed by atoms with Gasteiger partial charge in [-0.25, -0.2) is 0 Å². The van der Waals surface area contributed by atoms with Crippen molar-refractivity contribution < 1.29 is 9.59 Å². The van der Waals surface area contributed by atoms with Crippen molar-refractivity contribution in [2.75, 3.05) is 0 Å². The van der Waals surface area contributed by atoms with Gasteiger partial charge in [-0.3, -0.25) is 9.59 Å². The Kier molecular flexibility index (Phi) is 3.78. The maximum atomic E-state index is 12.8. The molecule has 110 valence electrons. The minimum Gasteiger partial charge on any atom is -0.342 e. The van der Waals surface area contributed by atoms with Gasteiger partial charge in [0.2, 0.25) is 11.8 Å². The summed E-state index contributed by atoms with van der Waals surface area (Å²) in [6.07, 6.45) is 6.42. The van der Waals surface area contributed by atoms with Gasteiger partial charge in [-0.05, 0) is 25.3 Å². The Bertz CT molecular complexity index is 559. The molecule has 1 fully saturated rings. The second-order valence-electron chi connectivity index (χ2n) is 5.77. The van der Waals surface area contributed by atoms with Crippen LogP contribution in [0.3, 0.4) is 0 Å². The number of rotatable bonds is 3. The van der Waals surface area contributed by atoms with E-state index in [9.17, 15) is 9.59 Å². The van der Waals surface area contributed by atoms with E-state index in [0.717, 1.165) is 18.4 Å². The van der Waals surface area contributed by atoms with E-state index in [0.29, 0.717) is 6.42 Å². The molecule has 3 rings (SSSR count). The topological polar surface area (TPSA) is 49.4 Å². The van der Waals surface area contributed by atoms with Gasteiger partial charge in [0.05, 0.1) is 0 Å². The molecule has 0 saturated carbocycles. The quantitative estimate of drug-likeness (QED) is 0.858. The van der Waals surface area contributed by atoms with Gasteiger partial charge < -0.3 is 10.2 Å². The Balaban J connectivity index is 1.78. The SMILES string of the molecule is CC1C(=O)NC(Cc2ccccc2)C(=O)N1C1CC=CC1. The van der Waals surface area contributed by atoms with Gasteiger partial charge in [0.25, 0.3) is 0 Å². The molecule has 4 heteroatoms. The fraction of sp³-hybridized carbons (Fsp3) is 0.412. The number of hydrogen-bond acceptors (Lipinski definition) is 2. The van der Waals surface area contributed by atoms with Crippen molar-refractivity contribution in [2.45, 2.75) is 44.3 Å². The van der Waals surface area contributed by atoms with Crippen molar-refractivity contribution in [3.63, 3.8) is 0 Å². The Morgan fingerprint density at radius 1 is 1.14 bits per heavy atom. The molecule has 21 heavy (non-hydrogen) atoms. The number of carbonyl (C=O) groups is 2. The molecule has 2 atom stereocenters. The molecule has 0 bridgehead atoms. The summed E-state index contributed by atoms with van der Waals surface area (Å²) < 4.78 is 0. The van der Waals surface area contributed by atoms with Gasteiger partial charge in [-0.1, -0.05) is 42.5 Å². The third-order valence-corrected chi connectivity index (χ3v) is 4.32. The summed E-state index contributed by atoms with van der Waals surface area (Å²) in [4.78, 5) is 26.7. The molecule has 0 aromatic heterocycles. The molecular formula is C17H20N2O2. The number of piperazine rings is 1.